The van der Waals surface area contributed by atoms with Crippen molar-refractivity contribution in [1.29, 1.82) is 5.26 Å². The van der Waals surface area contributed by atoms with Gasteiger partial charge in [-0.3, -0.25) is 4.79 Å². The maximum atomic E-state index is 14.8. The van der Waals surface area contributed by atoms with Gasteiger partial charge in [-0.15, -0.1) is 11.6 Å². The van der Waals surface area contributed by atoms with Gasteiger partial charge in [0.2, 0.25) is 0 Å². The second-order valence-electron chi connectivity index (χ2n) is 6.99. The average molecular weight is 463 g/mol. The van der Waals surface area contributed by atoms with Gasteiger partial charge in [-0.1, -0.05) is 18.2 Å². The van der Waals surface area contributed by atoms with E-state index in [9.17, 15) is 31.1 Å². The Labute approximate surface area is 179 Å². The molecule has 0 saturated heterocycles. The van der Waals surface area contributed by atoms with E-state index in [0.717, 1.165) is 5.56 Å². The minimum absolute atomic E-state index is 0.0549. The number of alkyl halides is 7. The van der Waals surface area contributed by atoms with Gasteiger partial charge < -0.3 is 5.32 Å². The number of nitrogens with zero attached hydrogens (tertiary/aromatic N) is 1. The summed E-state index contributed by atoms with van der Waals surface area (Å²) in [6.45, 7) is 1.06. The van der Waals surface area contributed by atoms with E-state index >= 15 is 0 Å². The van der Waals surface area contributed by atoms with Crippen LogP contribution >= 0.6 is 11.6 Å². The monoisotopic (exact) mass is 462 g/mol. The number of rotatable bonds is 6. The molecule has 2 aromatic carbocycles. The highest BCUT2D eigenvalue weighted by atomic mass is 35.5. The Morgan fingerprint density at radius 3 is 2.13 bits per heavy atom. The van der Waals surface area contributed by atoms with Gasteiger partial charge in [0.25, 0.3) is 17.5 Å². The van der Waals surface area contributed by atoms with Gasteiger partial charge in [-0.25, -0.2) is 13.2 Å². The molecule has 0 spiro atoms. The molecule has 1 atom stereocenters. The Kier molecular flexibility index (Phi) is 6.96. The van der Waals surface area contributed by atoms with Crippen molar-refractivity contribution in [2.24, 2.45) is 0 Å². The molecule has 166 valence electrons. The maximum absolute atomic E-state index is 14.8. The Bertz CT molecular complexity index is 993. The lowest BCUT2D eigenvalue weighted by Gasteiger charge is -2.34. The van der Waals surface area contributed by atoms with E-state index in [2.05, 4.69) is 5.32 Å². The van der Waals surface area contributed by atoms with E-state index in [1.165, 1.54) is 19.1 Å². The first-order valence-corrected chi connectivity index (χ1v) is 9.40. The standard InChI is InChI=1S/C21H17ClF6N2O/c1-12-9-16(20(25,19(2,23)24)21(26,27)28)10-15(7-8-29)17(12)30-18(31)14-5-3-13(11-22)4-6-14/h3-6,9-10H,7,11H2,1-2H3,(H,30,31). The Balaban J connectivity index is 2.56. The van der Waals surface area contributed by atoms with E-state index in [0.29, 0.717) is 12.1 Å². The van der Waals surface area contributed by atoms with E-state index < -0.39 is 35.7 Å². The Hall–Kier alpha value is -2.73. The van der Waals surface area contributed by atoms with Crippen molar-refractivity contribution in [2.75, 3.05) is 5.32 Å². The zero-order chi connectivity index (χ0) is 23.6. The molecule has 2 aromatic rings. The summed E-state index contributed by atoms with van der Waals surface area (Å²) in [5, 5.41) is 11.5. The summed E-state index contributed by atoms with van der Waals surface area (Å²) in [6, 6.07) is 8.93. The minimum Gasteiger partial charge on any atom is -0.321 e. The molecule has 1 unspecified atom stereocenters. The van der Waals surface area contributed by atoms with Gasteiger partial charge in [0.1, 0.15) is 0 Å². The van der Waals surface area contributed by atoms with Crippen molar-refractivity contribution in [3.05, 3.63) is 64.2 Å². The smallest absolute Gasteiger partial charge is 0.321 e. The number of nitrogens with one attached hydrogen (secondary N) is 1. The number of hydrogen-bond donors (Lipinski definition) is 1. The molecular weight excluding hydrogens is 446 g/mol. The molecule has 2 rings (SSSR count). The molecule has 1 N–H and O–H groups in total. The van der Waals surface area contributed by atoms with Crippen molar-refractivity contribution >= 4 is 23.2 Å². The molecule has 0 aromatic heterocycles. The van der Waals surface area contributed by atoms with Crippen LogP contribution in [0.5, 0.6) is 0 Å². The van der Waals surface area contributed by atoms with Crippen LogP contribution in [0.2, 0.25) is 0 Å². The summed E-state index contributed by atoms with van der Waals surface area (Å²) in [7, 11) is 0. The SMILES string of the molecule is Cc1cc(C(F)(C(C)(F)F)C(F)(F)F)cc(CC#N)c1NC(=O)c1ccc(CCl)cc1. The average Bonchev–Trinajstić information content (AvgIpc) is 2.68. The van der Waals surface area contributed by atoms with Gasteiger partial charge >= 0.3 is 6.18 Å². The number of nitriles is 1. The van der Waals surface area contributed by atoms with Gasteiger partial charge in [0.05, 0.1) is 12.5 Å². The van der Waals surface area contributed by atoms with Crippen molar-refractivity contribution < 1.29 is 31.1 Å². The van der Waals surface area contributed by atoms with Crippen LogP contribution in [0.3, 0.4) is 0 Å². The van der Waals surface area contributed by atoms with Crippen molar-refractivity contribution in [3.8, 4) is 6.07 Å². The number of carbonyl (C=O) groups is 1. The maximum Gasteiger partial charge on any atom is 0.432 e. The second kappa shape index (κ2) is 8.79. The number of hydrogen-bond acceptors (Lipinski definition) is 2. The molecule has 3 nitrogen and oxygen atoms in total. The molecule has 10 heteroatoms. The molecule has 0 fully saturated rings. The second-order valence-corrected chi connectivity index (χ2v) is 7.26. The molecule has 0 aliphatic heterocycles. The summed E-state index contributed by atoms with van der Waals surface area (Å²) < 4.78 is 82.3. The summed E-state index contributed by atoms with van der Waals surface area (Å²) in [5.74, 6) is -5.23. The third-order valence-corrected chi connectivity index (χ3v) is 5.00. The molecule has 1 amide bonds. The zero-order valence-corrected chi connectivity index (χ0v) is 17.1. The molecule has 0 heterocycles. The molecule has 0 bridgehead atoms. The van der Waals surface area contributed by atoms with Crippen LogP contribution in [0.15, 0.2) is 36.4 Å². The van der Waals surface area contributed by atoms with Gasteiger partial charge in [0.15, 0.2) is 0 Å². The largest absolute Gasteiger partial charge is 0.432 e. The fraction of sp³-hybridized carbons (Fsp3) is 0.333. The number of amides is 1. The number of aryl methyl sites for hydroxylation is 1. The summed E-state index contributed by atoms with van der Waals surface area (Å²) in [6.07, 6.45) is -6.46. The van der Waals surface area contributed by atoms with Crippen LogP contribution in [0, 0.1) is 18.3 Å². The molecule has 0 saturated carbocycles. The molecule has 31 heavy (non-hydrogen) atoms. The third-order valence-electron chi connectivity index (χ3n) is 4.69. The first kappa shape index (κ1) is 24.5. The van der Waals surface area contributed by atoms with Crippen LogP contribution < -0.4 is 5.32 Å². The van der Waals surface area contributed by atoms with Crippen LogP contribution in [0.25, 0.3) is 0 Å². The summed E-state index contributed by atoms with van der Waals surface area (Å²) in [5.41, 5.74) is -5.77. The summed E-state index contributed by atoms with van der Waals surface area (Å²) >= 11 is 5.69. The predicted octanol–water partition coefficient (Wildman–Crippen LogP) is 6.43. The molecule has 0 aliphatic carbocycles. The third kappa shape index (κ3) is 4.79. The predicted molar refractivity (Wildman–Crippen MR) is 104 cm³/mol. The fourth-order valence-corrected chi connectivity index (χ4v) is 3.24. The highest BCUT2D eigenvalue weighted by Gasteiger charge is 2.70. The number of anilines is 1. The minimum atomic E-state index is -5.92. The molecule has 0 radical (unpaired) electrons. The quantitative estimate of drug-likeness (QED) is 0.397. The summed E-state index contributed by atoms with van der Waals surface area (Å²) in [4.78, 5) is 12.5. The Morgan fingerprint density at radius 2 is 1.68 bits per heavy atom. The van der Waals surface area contributed by atoms with Crippen molar-refractivity contribution in [3.63, 3.8) is 0 Å². The lowest BCUT2D eigenvalue weighted by Crippen LogP contribution is -2.51. The lowest BCUT2D eigenvalue weighted by molar-refractivity contribution is -0.304. The van der Waals surface area contributed by atoms with E-state index in [-0.39, 0.29) is 35.2 Å². The first-order valence-electron chi connectivity index (χ1n) is 8.87. The van der Waals surface area contributed by atoms with E-state index in [1.807, 2.05) is 0 Å². The van der Waals surface area contributed by atoms with Crippen LogP contribution in [0.4, 0.5) is 32.0 Å². The Morgan fingerprint density at radius 1 is 1.10 bits per heavy atom. The van der Waals surface area contributed by atoms with Crippen LogP contribution in [-0.2, 0) is 18.0 Å². The van der Waals surface area contributed by atoms with Crippen LogP contribution in [-0.4, -0.2) is 18.0 Å². The van der Waals surface area contributed by atoms with Gasteiger partial charge in [-0.05, 0) is 41.8 Å². The highest BCUT2D eigenvalue weighted by molar-refractivity contribution is 6.17. The topological polar surface area (TPSA) is 52.9 Å². The fourth-order valence-electron chi connectivity index (χ4n) is 3.06. The van der Waals surface area contributed by atoms with Crippen LogP contribution in [0.1, 0.15) is 39.5 Å². The highest BCUT2D eigenvalue weighted by Crippen LogP contribution is 2.53. The number of carbonyl (C=O) groups excluding carboxylic acids is 1. The zero-order valence-electron chi connectivity index (χ0n) is 16.4. The van der Waals surface area contributed by atoms with Crippen molar-refractivity contribution in [1.82, 2.24) is 0 Å². The lowest BCUT2D eigenvalue weighted by atomic mass is 9.86. The van der Waals surface area contributed by atoms with Gasteiger partial charge in [-0.2, -0.15) is 18.4 Å². The van der Waals surface area contributed by atoms with E-state index in [4.69, 9.17) is 16.9 Å². The number of benzene rings is 2. The van der Waals surface area contributed by atoms with E-state index in [1.54, 1.807) is 18.2 Å². The van der Waals surface area contributed by atoms with Crippen molar-refractivity contribution in [2.45, 2.75) is 43.9 Å². The normalized spacial score (nSPS) is 13.9. The van der Waals surface area contributed by atoms with Gasteiger partial charge in [0, 0.05) is 29.6 Å². The number of halogens is 7. The first-order chi connectivity index (χ1) is 14.3. The molecule has 0 aliphatic rings. The molecular formula is C21H17ClF6N2O.